The van der Waals surface area contributed by atoms with Gasteiger partial charge in [0.25, 0.3) is 0 Å². The molecule has 4 aromatic rings. The van der Waals surface area contributed by atoms with Crippen LogP contribution < -0.4 is 4.74 Å². The molecule has 0 aliphatic rings. The SMILES string of the molecule is COc1cncc(S(=O)(=O)c2ccc(CCC(=O)c3ccc4nccn4c3)cc2)c1. The number of carbonyl (C=O) groups is 1. The van der Waals surface area contributed by atoms with Crippen molar-refractivity contribution in [2.75, 3.05) is 7.11 Å². The Balaban J connectivity index is 1.46. The summed E-state index contributed by atoms with van der Waals surface area (Å²) in [5.74, 6) is 0.393. The van der Waals surface area contributed by atoms with E-state index in [0.29, 0.717) is 24.2 Å². The van der Waals surface area contributed by atoms with Gasteiger partial charge in [-0.25, -0.2) is 13.4 Å². The van der Waals surface area contributed by atoms with Gasteiger partial charge in [-0.05, 0) is 36.2 Å². The summed E-state index contributed by atoms with van der Waals surface area (Å²) in [4.78, 5) is 20.8. The number of carbonyl (C=O) groups excluding carboxylic acids is 1. The minimum Gasteiger partial charge on any atom is -0.495 e. The quantitative estimate of drug-likeness (QED) is 0.425. The summed E-state index contributed by atoms with van der Waals surface area (Å²) >= 11 is 0. The lowest BCUT2D eigenvalue weighted by molar-refractivity contribution is 0.0982. The largest absolute Gasteiger partial charge is 0.495 e. The fourth-order valence-electron chi connectivity index (χ4n) is 3.12. The number of aromatic nitrogens is 3. The molecular weight excluding hydrogens is 402 g/mol. The van der Waals surface area contributed by atoms with Gasteiger partial charge in [-0.1, -0.05) is 12.1 Å². The van der Waals surface area contributed by atoms with Crippen LogP contribution in [0.15, 0.2) is 83.2 Å². The van der Waals surface area contributed by atoms with Crippen molar-refractivity contribution in [2.45, 2.75) is 22.6 Å². The maximum absolute atomic E-state index is 12.8. The molecule has 0 saturated carbocycles. The third-order valence-corrected chi connectivity index (χ3v) is 6.56. The third kappa shape index (κ3) is 3.95. The molecule has 30 heavy (non-hydrogen) atoms. The molecule has 0 unspecified atom stereocenters. The smallest absolute Gasteiger partial charge is 0.208 e. The highest BCUT2D eigenvalue weighted by molar-refractivity contribution is 7.91. The molecule has 0 spiro atoms. The van der Waals surface area contributed by atoms with Crippen LogP contribution in [0.2, 0.25) is 0 Å². The molecule has 0 amide bonds. The van der Waals surface area contributed by atoms with Crippen molar-refractivity contribution < 1.29 is 17.9 Å². The summed E-state index contributed by atoms with van der Waals surface area (Å²) in [5.41, 5.74) is 2.29. The number of fused-ring (bicyclic) bond motifs is 1. The van der Waals surface area contributed by atoms with Gasteiger partial charge in [0.05, 0.1) is 23.1 Å². The van der Waals surface area contributed by atoms with Crippen LogP contribution in [0.1, 0.15) is 22.3 Å². The average molecular weight is 421 g/mol. The molecule has 7 nitrogen and oxygen atoms in total. The van der Waals surface area contributed by atoms with Crippen molar-refractivity contribution in [2.24, 2.45) is 0 Å². The molecule has 0 fully saturated rings. The van der Waals surface area contributed by atoms with E-state index in [9.17, 15) is 13.2 Å². The minimum absolute atomic E-state index is 0.0183. The van der Waals surface area contributed by atoms with Crippen LogP contribution in [0.25, 0.3) is 5.65 Å². The number of nitrogens with zero attached hydrogens (tertiary/aromatic N) is 3. The summed E-state index contributed by atoms with van der Waals surface area (Å²) in [7, 11) is -2.24. The second-order valence-electron chi connectivity index (χ2n) is 6.74. The Kier molecular flexibility index (Phi) is 5.33. The molecule has 0 saturated heterocycles. The van der Waals surface area contributed by atoms with Gasteiger partial charge in [-0.15, -0.1) is 0 Å². The molecule has 0 aliphatic heterocycles. The molecule has 3 aromatic heterocycles. The molecule has 152 valence electrons. The van der Waals surface area contributed by atoms with Crippen LogP contribution >= 0.6 is 0 Å². The Labute approximate surface area is 173 Å². The van der Waals surface area contributed by atoms with Gasteiger partial charge in [-0.3, -0.25) is 9.78 Å². The molecule has 3 heterocycles. The lowest BCUT2D eigenvalue weighted by atomic mass is 10.0. The maximum atomic E-state index is 12.8. The van der Waals surface area contributed by atoms with Crippen molar-refractivity contribution in [1.29, 1.82) is 0 Å². The first-order valence-electron chi connectivity index (χ1n) is 9.26. The first-order valence-corrected chi connectivity index (χ1v) is 10.7. The molecular formula is C22H19N3O4S. The molecule has 8 heteroatoms. The molecule has 0 N–H and O–H groups in total. The number of Topliss-reactive ketones (excluding diaryl/α,β-unsaturated/α-hetero) is 1. The number of pyridine rings is 2. The topological polar surface area (TPSA) is 90.6 Å². The Morgan fingerprint density at radius 1 is 1.07 bits per heavy atom. The Bertz CT molecular complexity index is 1310. The van der Waals surface area contributed by atoms with Gasteiger partial charge in [-0.2, -0.15) is 0 Å². The second-order valence-corrected chi connectivity index (χ2v) is 8.69. The Morgan fingerprint density at radius 3 is 2.63 bits per heavy atom. The van der Waals surface area contributed by atoms with Crippen LogP contribution in [0, 0.1) is 0 Å². The van der Waals surface area contributed by atoms with Gasteiger partial charge in [0, 0.05) is 42.8 Å². The van der Waals surface area contributed by atoms with E-state index in [1.165, 1.54) is 25.6 Å². The van der Waals surface area contributed by atoms with Gasteiger partial charge >= 0.3 is 0 Å². The van der Waals surface area contributed by atoms with Crippen molar-refractivity contribution in [3.63, 3.8) is 0 Å². The van der Waals surface area contributed by atoms with E-state index in [0.717, 1.165) is 11.2 Å². The van der Waals surface area contributed by atoms with Crippen LogP contribution in [0.3, 0.4) is 0 Å². The highest BCUT2D eigenvalue weighted by Gasteiger charge is 2.19. The predicted molar refractivity (Wildman–Crippen MR) is 111 cm³/mol. The lowest BCUT2D eigenvalue weighted by Gasteiger charge is -2.07. The second kappa shape index (κ2) is 8.08. The fourth-order valence-corrected chi connectivity index (χ4v) is 4.35. The number of aryl methyl sites for hydroxylation is 1. The number of hydrogen-bond acceptors (Lipinski definition) is 6. The van der Waals surface area contributed by atoms with Crippen molar-refractivity contribution in [3.8, 4) is 5.75 Å². The summed E-state index contributed by atoms with van der Waals surface area (Å²) in [6.07, 6.45) is 8.82. The number of ether oxygens (including phenoxy) is 1. The van der Waals surface area contributed by atoms with Crippen LogP contribution in [-0.2, 0) is 16.3 Å². The standard InChI is InChI=1S/C22H19N3O4S/c1-29-18-12-20(14-23-13-18)30(27,28)19-6-2-16(3-7-19)4-8-21(26)17-5-9-22-24-10-11-25(22)15-17/h2-3,5-7,9-15H,4,8H2,1H3. The fraction of sp³-hybridized carbons (Fsp3) is 0.136. The number of sulfone groups is 1. The van der Waals surface area contributed by atoms with Crippen LogP contribution in [0.4, 0.5) is 0 Å². The van der Waals surface area contributed by atoms with E-state index in [4.69, 9.17) is 4.74 Å². The van der Waals surface area contributed by atoms with Crippen molar-refractivity contribution >= 4 is 21.3 Å². The predicted octanol–water partition coefficient (Wildman–Crippen LogP) is 3.39. The third-order valence-electron chi connectivity index (χ3n) is 4.82. The van der Waals surface area contributed by atoms with E-state index in [2.05, 4.69) is 9.97 Å². The van der Waals surface area contributed by atoms with Crippen LogP contribution in [-0.4, -0.2) is 35.7 Å². The van der Waals surface area contributed by atoms with E-state index >= 15 is 0 Å². The highest BCUT2D eigenvalue weighted by atomic mass is 32.2. The summed E-state index contributed by atoms with van der Waals surface area (Å²) in [6.45, 7) is 0. The van der Waals surface area contributed by atoms with Crippen LogP contribution in [0.5, 0.6) is 5.75 Å². The van der Waals surface area contributed by atoms with E-state index in [1.54, 1.807) is 59.4 Å². The highest BCUT2D eigenvalue weighted by Crippen LogP contribution is 2.23. The van der Waals surface area contributed by atoms with Gasteiger partial charge < -0.3 is 9.14 Å². The molecule has 0 aliphatic carbocycles. The molecule has 0 bridgehead atoms. The number of hydrogen-bond donors (Lipinski definition) is 0. The maximum Gasteiger partial charge on any atom is 0.208 e. The first kappa shape index (κ1) is 19.8. The zero-order valence-corrected chi connectivity index (χ0v) is 17.0. The Hall–Kier alpha value is -3.52. The lowest BCUT2D eigenvalue weighted by Crippen LogP contribution is -2.04. The molecule has 0 atom stereocenters. The number of methoxy groups -OCH3 is 1. The van der Waals surface area contributed by atoms with E-state index in [-0.39, 0.29) is 15.6 Å². The van der Waals surface area contributed by atoms with E-state index < -0.39 is 9.84 Å². The van der Waals surface area contributed by atoms with Crippen molar-refractivity contribution in [1.82, 2.24) is 14.4 Å². The monoisotopic (exact) mass is 421 g/mol. The molecule has 1 aromatic carbocycles. The number of rotatable bonds is 7. The summed E-state index contributed by atoms with van der Waals surface area (Å²) < 4.78 is 32.4. The first-order chi connectivity index (χ1) is 14.5. The summed E-state index contributed by atoms with van der Waals surface area (Å²) in [5, 5.41) is 0. The zero-order valence-electron chi connectivity index (χ0n) is 16.2. The number of ketones is 1. The van der Waals surface area contributed by atoms with Gasteiger partial charge in [0.15, 0.2) is 5.78 Å². The minimum atomic E-state index is -3.70. The normalized spacial score (nSPS) is 11.5. The van der Waals surface area contributed by atoms with Crippen molar-refractivity contribution in [3.05, 3.63) is 84.6 Å². The zero-order chi connectivity index (χ0) is 21.1. The summed E-state index contributed by atoms with van der Waals surface area (Å²) in [6, 6.07) is 11.6. The van der Waals surface area contributed by atoms with Gasteiger partial charge in [0.1, 0.15) is 11.4 Å². The Morgan fingerprint density at radius 2 is 1.87 bits per heavy atom. The van der Waals surface area contributed by atoms with E-state index in [1.807, 2.05) is 0 Å². The number of benzene rings is 1. The van der Waals surface area contributed by atoms with Gasteiger partial charge in [0.2, 0.25) is 9.84 Å². The molecule has 0 radical (unpaired) electrons. The number of imidazole rings is 1. The molecule has 4 rings (SSSR count). The average Bonchev–Trinajstić information content (AvgIpc) is 3.25.